The van der Waals surface area contributed by atoms with Crippen molar-refractivity contribution >= 4 is 17.6 Å². The molecule has 0 aromatic heterocycles. The predicted molar refractivity (Wildman–Crippen MR) is 69.0 cm³/mol. The van der Waals surface area contributed by atoms with E-state index in [1.54, 1.807) is 11.9 Å². The molecule has 1 aliphatic carbocycles. The van der Waals surface area contributed by atoms with Gasteiger partial charge < -0.3 is 10.2 Å². The van der Waals surface area contributed by atoms with E-state index in [0.29, 0.717) is 17.5 Å². The van der Waals surface area contributed by atoms with E-state index in [9.17, 15) is 4.79 Å². The molecule has 1 N–H and O–H groups in total. The van der Waals surface area contributed by atoms with Crippen molar-refractivity contribution in [3.63, 3.8) is 0 Å². The molecule has 0 aliphatic heterocycles. The van der Waals surface area contributed by atoms with Crippen molar-refractivity contribution < 1.29 is 4.79 Å². The Labute approximate surface area is 107 Å². The van der Waals surface area contributed by atoms with Crippen molar-refractivity contribution in [2.75, 3.05) is 13.6 Å². The number of rotatable bonds is 4. The van der Waals surface area contributed by atoms with Gasteiger partial charge in [-0.2, -0.15) is 0 Å². The molecule has 0 saturated heterocycles. The molecule has 92 valence electrons. The minimum Gasteiger partial charge on any atom is -0.338 e. The summed E-state index contributed by atoms with van der Waals surface area (Å²) in [4.78, 5) is 13.4. The molecule has 1 aromatic rings. The Morgan fingerprint density at radius 2 is 2.18 bits per heavy atom. The van der Waals surface area contributed by atoms with Gasteiger partial charge in [-0.25, -0.2) is 4.79 Å². The second-order valence-electron chi connectivity index (χ2n) is 4.58. The molecule has 1 saturated carbocycles. The summed E-state index contributed by atoms with van der Waals surface area (Å²) in [5, 5.41) is 3.63. The Bertz CT molecular complexity index is 404. The molecule has 0 bridgehead atoms. The van der Waals surface area contributed by atoms with Crippen LogP contribution in [0.4, 0.5) is 4.79 Å². The van der Waals surface area contributed by atoms with Crippen molar-refractivity contribution in [1.29, 1.82) is 0 Å². The van der Waals surface area contributed by atoms with Gasteiger partial charge in [0, 0.05) is 25.2 Å². The van der Waals surface area contributed by atoms with Crippen LogP contribution in [0.2, 0.25) is 5.02 Å². The van der Waals surface area contributed by atoms with Crippen molar-refractivity contribution in [1.82, 2.24) is 10.2 Å². The lowest BCUT2D eigenvalue weighted by atomic mass is 10.2. The first-order valence-electron chi connectivity index (χ1n) is 5.89. The number of halogens is 1. The van der Waals surface area contributed by atoms with Crippen LogP contribution in [-0.2, 0) is 6.54 Å². The summed E-state index contributed by atoms with van der Waals surface area (Å²) >= 11 is 6.05. The van der Waals surface area contributed by atoms with E-state index >= 15 is 0 Å². The summed E-state index contributed by atoms with van der Waals surface area (Å²) in [5.41, 5.74) is 0.971. The molecule has 0 radical (unpaired) electrons. The molecule has 17 heavy (non-hydrogen) atoms. The third-order valence-corrected chi connectivity index (χ3v) is 3.32. The molecule has 1 fully saturated rings. The number of amides is 2. The molecule has 0 spiro atoms. The predicted octanol–water partition coefficient (Wildman–Crippen LogP) is 2.89. The number of urea groups is 1. The van der Waals surface area contributed by atoms with Gasteiger partial charge in [0.05, 0.1) is 0 Å². The van der Waals surface area contributed by atoms with Gasteiger partial charge in [-0.05, 0) is 30.4 Å². The Kier molecular flexibility index (Phi) is 3.89. The van der Waals surface area contributed by atoms with Crippen LogP contribution in [0.3, 0.4) is 0 Å². The molecule has 0 atom stereocenters. The monoisotopic (exact) mass is 252 g/mol. The Hall–Kier alpha value is -1.22. The van der Waals surface area contributed by atoms with Gasteiger partial charge in [-0.1, -0.05) is 29.8 Å². The lowest BCUT2D eigenvalue weighted by molar-refractivity contribution is 0.206. The first kappa shape index (κ1) is 12.2. The van der Waals surface area contributed by atoms with Gasteiger partial charge in [-0.3, -0.25) is 0 Å². The zero-order valence-corrected chi connectivity index (χ0v) is 10.7. The Balaban J connectivity index is 1.84. The topological polar surface area (TPSA) is 32.3 Å². The fourth-order valence-corrected chi connectivity index (χ4v) is 1.84. The molecule has 4 heteroatoms. The molecule has 2 amide bonds. The first-order valence-corrected chi connectivity index (χ1v) is 6.27. The first-order chi connectivity index (χ1) is 8.16. The molecule has 3 nitrogen and oxygen atoms in total. The van der Waals surface area contributed by atoms with E-state index in [1.165, 1.54) is 12.8 Å². The van der Waals surface area contributed by atoms with Crippen LogP contribution >= 0.6 is 11.6 Å². The molecular formula is C13H17ClN2O. The highest BCUT2D eigenvalue weighted by Gasteiger charge is 2.22. The summed E-state index contributed by atoms with van der Waals surface area (Å²) in [7, 11) is 1.78. The van der Waals surface area contributed by atoms with E-state index < -0.39 is 0 Å². The van der Waals surface area contributed by atoms with E-state index in [4.69, 9.17) is 11.6 Å². The van der Waals surface area contributed by atoms with E-state index in [0.717, 1.165) is 12.1 Å². The zero-order chi connectivity index (χ0) is 12.3. The minimum absolute atomic E-state index is 0.0307. The van der Waals surface area contributed by atoms with Crippen LogP contribution in [0, 0.1) is 5.92 Å². The molecular weight excluding hydrogens is 236 g/mol. The average molecular weight is 253 g/mol. The normalized spacial score (nSPS) is 14.5. The van der Waals surface area contributed by atoms with E-state index in [2.05, 4.69) is 5.32 Å². The van der Waals surface area contributed by atoms with Crippen LogP contribution in [0.25, 0.3) is 0 Å². The summed E-state index contributed by atoms with van der Waals surface area (Å²) in [5.74, 6) is 0.702. The standard InChI is InChI=1S/C13H17ClN2O/c1-16(13(17)15-8-10-6-7-10)9-11-4-2-3-5-12(11)14/h2-5,10H,6-9H2,1H3,(H,15,17). The molecule has 0 unspecified atom stereocenters. The van der Waals surface area contributed by atoms with Gasteiger partial charge in [-0.15, -0.1) is 0 Å². The number of hydrogen-bond donors (Lipinski definition) is 1. The largest absolute Gasteiger partial charge is 0.338 e. The lowest BCUT2D eigenvalue weighted by Crippen LogP contribution is -2.37. The highest BCUT2D eigenvalue weighted by molar-refractivity contribution is 6.31. The molecule has 1 aromatic carbocycles. The van der Waals surface area contributed by atoms with Crippen molar-refractivity contribution in [3.05, 3.63) is 34.9 Å². The highest BCUT2D eigenvalue weighted by atomic mass is 35.5. The second kappa shape index (κ2) is 5.41. The van der Waals surface area contributed by atoms with Gasteiger partial charge in [0.1, 0.15) is 0 Å². The van der Waals surface area contributed by atoms with E-state index in [1.807, 2.05) is 24.3 Å². The summed E-state index contributed by atoms with van der Waals surface area (Å²) in [6.07, 6.45) is 2.49. The van der Waals surface area contributed by atoms with Crippen LogP contribution in [-0.4, -0.2) is 24.5 Å². The van der Waals surface area contributed by atoms with Crippen LogP contribution in [0.5, 0.6) is 0 Å². The molecule has 2 rings (SSSR count). The molecule has 0 heterocycles. The van der Waals surface area contributed by atoms with Crippen LogP contribution < -0.4 is 5.32 Å². The van der Waals surface area contributed by atoms with E-state index in [-0.39, 0.29) is 6.03 Å². The van der Waals surface area contributed by atoms with Crippen molar-refractivity contribution in [3.8, 4) is 0 Å². The maximum atomic E-state index is 11.8. The SMILES string of the molecule is CN(Cc1ccccc1Cl)C(=O)NCC1CC1. The second-order valence-corrected chi connectivity index (χ2v) is 4.98. The number of benzene rings is 1. The maximum absolute atomic E-state index is 11.8. The number of carbonyl (C=O) groups is 1. The fourth-order valence-electron chi connectivity index (χ4n) is 1.64. The maximum Gasteiger partial charge on any atom is 0.317 e. The third-order valence-electron chi connectivity index (χ3n) is 2.95. The smallest absolute Gasteiger partial charge is 0.317 e. The van der Waals surface area contributed by atoms with Crippen molar-refractivity contribution in [2.45, 2.75) is 19.4 Å². The summed E-state index contributed by atoms with van der Waals surface area (Å²) in [6, 6.07) is 7.56. The quantitative estimate of drug-likeness (QED) is 0.878. The Morgan fingerprint density at radius 1 is 1.47 bits per heavy atom. The van der Waals surface area contributed by atoms with Gasteiger partial charge in [0.25, 0.3) is 0 Å². The molecule has 1 aliphatic rings. The Morgan fingerprint density at radius 3 is 2.82 bits per heavy atom. The number of carbonyl (C=O) groups excluding carboxylic acids is 1. The fraction of sp³-hybridized carbons (Fsp3) is 0.462. The van der Waals surface area contributed by atoms with Crippen molar-refractivity contribution in [2.24, 2.45) is 5.92 Å². The third kappa shape index (κ3) is 3.63. The number of nitrogens with one attached hydrogen (secondary N) is 1. The number of hydrogen-bond acceptors (Lipinski definition) is 1. The number of nitrogens with zero attached hydrogens (tertiary/aromatic N) is 1. The van der Waals surface area contributed by atoms with Crippen LogP contribution in [0.1, 0.15) is 18.4 Å². The summed E-state index contributed by atoms with van der Waals surface area (Å²) < 4.78 is 0. The van der Waals surface area contributed by atoms with Gasteiger partial charge in [0.2, 0.25) is 0 Å². The van der Waals surface area contributed by atoms with Gasteiger partial charge in [0.15, 0.2) is 0 Å². The average Bonchev–Trinajstić information content (AvgIpc) is 3.13. The summed E-state index contributed by atoms with van der Waals surface area (Å²) in [6.45, 7) is 1.34. The highest BCUT2D eigenvalue weighted by Crippen LogP contribution is 2.27. The minimum atomic E-state index is -0.0307. The van der Waals surface area contributed by atoms with Crippen LogP contribution in [0.15, 0.2) is 24.3 Å². The van der Waals surface area contributed by atoms with Gasteiger partial charge >= 0.3 is 6.03 Å². The lowest BCUT2D eigenvalue weighted by Gasteiger charge is -2.18. The zero-order valence-electron chi connectivity index (χ0n) is 9.95.